The van der Waals surface area contributed by atoms with Gasteiger partial charge in [0.15, 0.2) is 0 Å². The maximum absolute atomic E-state index is 13.1. The Labute approximate surface area is 261 Å². The molecule has 2 aliphatic heterocycles. The van der Waals surface area contributed by atoms with Gasteiger partial charge in [-0.05, 0) is 59.7 Å². The summed E-state index contributed by atoms with van der Waals surface area (Å²) in [6.45, 7) is 2.18. The van der Waals surface area contributed by atoms with Crippen molar-refractivity contribution in [2.75, 3.05) is 13.1 Å². The number of nitrogens with zero attached hydrogens (tertiary/aromatic N) is 4. The third-order valence-corrected chi connectivity index (χ3v) is 10.4. The smallest absolute Gasteiger partial charge is 0.224 e. The summed E-state index contributed by atoms with van der Waals surface area (Å²) in [6, 6.07) is 18.6. The lowest BCUT2D eigenvalue weighted by Crippen LogP contribution is -2.25. The standard InChI is InChI=1S/C32H28F2N4O4S2/c33-23-3-7-25(8-4-23)41-29-11-1-21(15-35-29)17-37-19-27(13-31(37)39)43-44-28-14-32(40)38(20-28)18-22-2-12-30(36-16-22)42-26-9-5-24(34)6-10-26/h1-12,15-16,27-28H,13-14,17-20H2/t27-,28-/m1/s1. The van der Waals surface area contributed by atoms with E-state index in [1.54, 1.807) is 46.1 Å². The van der Waals surface area contributed by atoms with E-state index in [0.717, 1.165) is 11.1 Å². The number of rotatable bonds is 11. The second kappa shape index (κ2) is 13.6. The van der Waals surface area contributed by atoms with Gasteiger partial charge in [-0.15, -0.1) is 0 Å². The summed E-state index contributed by atoms with van der Waals surface area (Å²) in [7, 11) is 3.36. The van der Waals surface area contributed by atoms with Crippen molar-refractivity contribution in [3.8, 4) is 23.3 Å². The Morgan fingerprint density at radius 1 is 0.636 bits per heavy atom. The van der Waals surface area contributed by atoms with Gasteiger partial charge in [0.05, 0.1) is 0 Å². The number of amides is 2. The van der Waals surface area contributed by atoms with E-state index in [2.05, 4.69) is 9.97 Å². The van der Waals surface area contributed by atoms with Crippen LogP contribution in [0.4, 0.5) is 8.78 Å². The minimum atomic E-state index is -0.336. The molecular weight excluding hydrogens is 607 g/mol. The molecule has 0 spiro atoms. The fourth-order valence-corrected chi connectivity index (χ4v) is 7.81. The van der Waals surface area contributed by atoms with Crippen molar-refractivity contribution in [3.63, 3.8) is 0 Å². The number of pyridine rings is 2. The zero-order chi connectivity index (χ0) is 30.5. The molecular formula is C32H28F2N4O4S2. The van der Waals surface area contributed by atoms with Gasteiger partial charge in [0.2, 0.25) is 23.6 Å². The minimum absolute atomic E-state index is 0.0956. The van der Waals surface area contributed by atoms with Crippen LogP contribution in [0.3, 0.4) is 0 Å². The van der Waals surface area contributed by atoms with Crippen LogP contribution in [0, 0.1) is 11.6 Å². The third kappa shape index (κ3) is 7.86. The van der Waals surface area contributed by atoms with Crippen molar-refractivity contribution in [2.45, 2.75) is 36.4 Å². The number of carbonyl (C=O) groups excluding carboxylic acids is 2. The molecule has 0 aliphatic carbocycles. The second-order valence-corrected chi connectivity index (χ2v) is 13.4. The fourth-order valence-electron chi connectivity index (χ4n) is 4.88. The van der Waals surface area contributed by atoms with Crippen molar-refractivity contribution in [3.05, 3.63) is 108 Å². The molecule has 2 aromatic heterocycles. The predicted molar refractivity (Wildman–Crippen MR) is 164 cm³/mol. The van der Waals surface area contributed by atoms with Crippen molar-refractivity contribution in [1.82, 2.24) is 19.8 Å². The molecule has 2 amide bonds. The number of aromatic nitrogens is 2. The van der Waals surface area contributed by atoms with E-state index in [1.807, 2.05) is 21.9 Å². The van der Waals surface area contributed by atoms with Crippen LogP contribution in [0.25, 0.3) is 0 Å². The number of likely N-dealkylation sites (tertiary alicyclic amines) is 2. The van der Waals surface area contributed by atoms with E-state index in [1.165, 1.54) is 48.5 Å². The summed E-state index contributed by atoms with van der Waals surface area (Å²) in [5.41, 5.74) is 1.79. The molecule has 4 aromatic rings. The van der Waals surface area contributed by atoms with E-state index >= 15 is 0 Å². The average Bonchev–Trinajstić information content (AvgIpc) is 3.56. The summed E-state index contributed by atoms with van der Waals surface area (Å²) in [5.74, 6) is 1.29. The van der Waals surface area contributed by atoms with Gasteiger partial charge in [-0.1, -0.05) is 33.7 Å². The maximum atomic E-state index is 13.1. The highest BCUT2D eigenvalue weighted by molar-refractivity contribution is 8.77. The lowest BCUT2D eigenvalue weighted by atomic mass is 10.2. The number of hydrogen-bond acceptors (Lipinski definition) is 8. The molecule has 2 atom stereocenters. The first kappa shape index (κ1) is 29.9. The number of benzene rings is 2. The molecule has 2 aromatic carbocycles. The summed E-state index contributed by atoms with van der Waals surface area (Å²) in [6.07, 6.45) is 4.28. The highest BCUT2D eigenvalue weighted by Crippen LogP contribution is 2.40. The van der Waals surface area contributed by atoms with Gasteiger partial charge < -0.3 is 19.3 Å². The van der Waals surface area contributed by atoms with Crippen LogP contribution in [0.2, 0.25) is 0 Å². The first-order valence-electron chi connectivity index (χ1n) is 14.0. The lowest BCUT2D eigenvalue weighted by Gasteiger charge is -2.18. The van der Waals surface area contributed by atoms with E-state index < -0.39 is 0 Å². The number of ether oxygens (including phenoxy) is 2. The van der Waals surface area contributed by atoms with E-state index in [9.17, 15) is 18.4 Å². The Hall–Kier alpha value is -4.16. The SMILES string of the molecule is O=C1C[C@@H](SS[C@@H]2CC(=O)N(Cc3ccc(Oc4ccc(F)cc4)nc3)C2)CN1Cc1ccc(Oc2ccc(F)cc2)nc1. The monoisotopic (exact) mass is 634 g/mol. The molecule has 8 nitrogen and oxygen atoms in total. The number of halogens is 2. The lowest BCUT2D eigenvalue weighted by molar-refractivity contribution is -0.129. The molecule has 2 fully saturated rings. The minimum Gasteiger partial charge on any atom is -0.439 e. The molecule has 2 saturated heterocycles. The molecule has 6 rings (SSSR count). The van der Waals surface area contributed by atoms with Gasteiger partial charge in [-0.2, -0.15) is 0 Å². The molecule has 0 saturated carbocycles. The quantitative estimate of drug-likeness (QED) is 0.170. The Morgan fingerprint density at radius 3 is 1.41 bits per heavy atom. The van der Waals surface area contributed by atoms with E-state index in [-0.39, 0.29) is 33.9 Å². The second-order valence-electron chi connectivity index (χ2n) is 10.5. The molecule has 0 unspecified atom stereocenters. The van der Waals surface area contributed by atoms with Gasteiger partial charge in [0.1, 0.15) is 23.1 Å². The molecule has 0 N–H and O–H groups in total. The van der Waals surface area contributed by atoms with Crippen LogP contribution >= 0.6 is 21.6 Å². The largest absolute Gasteiger partial charge is 0.439 e. The fraction of sp³-hybridized carbons (Fsp3) is 0.250. The highest BCUT2D eigenvalue weighted by Gasteiger charge is 2.34. The van der Waals surface area contributed by atoms with Crippen LogP contribution in [0.15, 0.2) is 85.2 Å². The van der Waals surface area contributed by atoms with Crippen LogP contribution in [-0.4, -0.2) is 55.2 Å². The van der Waals surface area contributed by atoms with E-state index in [4.69, 9.17) is 9.47 Å². The molecule has 0 radical (unpaired) electrons. The summed E-state index contributed by atoms with van der Waals surface area (Å²) >= 11 is 0. The zero-order valence-electron chi connectivity index (χ0n) is 23.5. The van der Waals surface area contributed by atoms with Gasteiger partial charge in [-0.3, -0.25) is 9.59 Å². The average molecular weight is 635 g/mol. The molecule has 4 heterocycles. The maximum Gasteiger partial charge on any atom is 0.224 e. The Kier molecular flexibility index (Phi) is 9.27. The molecule has 226 valence electrons. The van der Waals surface area contributed by atoms with Crippen LogP contribution in [-0.2, 0) is 22.7 Å². The van der Waals surface area contributed by atoms with Gasteiger partial charge in [-0.25, -0.2) is 18.7 Å². The van der Waals surface area contributed by atoms with Gasteiger partial charge in [0.25, 0.3) is 0 Å². The normalized spacial score (nSPS) is 18.2. The topological polar surface area (TPSA) is 84.9 Å². The molecule has 2 aliphatic rings. The zero-order valence-corrected chi connectivity index (χ0v) is 25.1. The predicted octanol–water partition coefficient (Wildman–Crippen LogP) is 6.62. The number of hydrogen-bond donors (Lipinski definition) is 0. The summed E-state index contributed by atoms with van der Waals surface area (Å²) < 4.78 is 37.5. The Bertz CT molecular complexity index is 1470. The van der Waals surface area contributed by atoms with Crippen molar-refractivity contribution in [2.24, 2.45) is 0 Å². The van der Waals surface area contributed by atoms with Crippen molar-refractivity contribution >= 4 is 33.4 Å². The molecule has 44 heavy (non-hydrogen) atoms. The van der Waals surface area contributed by atoms with Crippen molar-refractivity contribution < 1.29 is 27.8 Å². The Morgan fingerprint density at radius 2 is 1.05 bits per heavy atom. The third-order valence-electron chi connectivity index (χ3n) is 7.10. The van der Waals surface area contributed by atoms with Gasteiger partial charge in [0, 0.05) is 74.0 Å². The van der Waals surface area contributed by atoms with Crippen LogP contribution in [0.1, 0.15) is 24.0 Å². The first-order chi connectivity index (χ1) is 21.4. The van der Waals surface area contributed by atoms with Crippen molar-refractivity contribution in [1.29, 1.82) is 0 Å². The van der Waals surface area contributed by atoms with E-state index in [0.29, 0.717) is 62.3 Å². The highest BCUT2D eigenvalue weighted by atomic mass is 33.1. The first-order valence-corrected chi connectivity index (χ1v) is 16.3. The van der Waals surface area contributed by atoms with Gasteiger partial charge >= 0.3 is 0 Å². The number of carbonyl (C=O) groups is 2. The van der Waals surface area contributed by atoms with Crippen LogP contribution in [0.5, 0.6) is 23.3 Å². The molecule has 12 heteroatoms. The summed E-state index contributed by atoms with van der Waals surface area (Å²) in [4.78, 5) is 37.7. The van der Waals surface area contributed by atoms with Crippen LogP contribution < -0.4 is 9.47 Å². The summed E-state index contributed by atoms with van der Waals surface area (Å²) in [5, 5.41) is 0.284. The molecule has 0 bridgehead atoms. The Balaban J connectivity index is 0.934.